The van der Waals surface area contributed by atoms with Gasteiger partial charge in [-0.2, -0.15) is 0 Å². The Morgan fingerprint density at radius 3 is 2.86 bits per heavy atom. The highest BCUT2D eigenvalue weighted by atomic mass is 16.5. The zero-order chi connectivity index (χ0) is 15.1. The second-order valence-electron chi connectivity index (χ2n) is 5.44. The Balaban J connectivity index is 1.91. The molecule has 1 aromatic heterocycles. The molecular weight excluding hydrogens is 264 g/mol. The summed E-state index contributed by atoms with van der Waals surface area (Å²) in [6.45, 7) is 8.59. The molecule has 0 spiro atoms. The Labute approximate surface area is 126 Å². The highest BCUT2D eigenvalue weighted by Crippen LogP contribution is 2.26. The van der Waals surface area contributed by atoms with E-state index < -0.39 is 0 Å². The summed E-state index contributed by atoms with van der Waals surface area (Å²) in [5.74, 6) is 2.10. The molecule has 114 valence electrons. The highest BCUT2D eigenvalue weighted by Gasteiger charge is 2.09. The lowest BCUT2D eigenvalue weighted by Gasteiger charge is -2.12. The molecule has 1 heterocycles. The third-order valence-corrected chi connectivity index (χ3v) is 3.25. The maximum absolute atomic E-state index is 5.87. The van der Waals surface area contributed by atoms with Crippen LogP contribution >= 0.6 is 0 Å². The molecule has 1 N–H and O–H groups in total. The minimum atomic E-state index is 0.407. The second-order valence-corrected chi connectivity index (χ2v) is 5.44. The van der Waals surface area contributed by atoms with Crippen molar-refractivity contribution in [2.75, 3.05) is 6.54 Å². The van der Waals surface area contributed by atoms with Crippen molar-refractivity contribution in [3.8, 4) is 5.75 Å². The van der Waals surface area contributed by atoms with Crippen LogP contribution in [0, 0.1) is 0 Å². The molecule has 0 aliphatic heterocycles. The summed E-state index contributed by atoms with van der Waals surface area (Å²) in [4.78, 5) is 0. The van der Waals surface area contributed by atoms with Gasteiger partial charge in [0, 0.05) is 12.6 Å². The SMILES string of the molecule is CCCNCc1cc(COc2ccccc2C(C)C)on1. The van der Waals surface area contributed by atoms with Crippen LogP contribution in [-0.2, 0) is 13.2 Å². The number of hydrogen-bond donors (Lipinski definition) is 1. The molecule has 0 atom stereocenters. The van der Waals surface area contributed by atoms with Crippen molar-refractivity contribution in [3.63, 3.8) is 0 Å². The smallest absolute Gasteiger partial charge is 0.174 e. The molecule has 0 saturated carbocycles. The van der Waals surface area contributed by atoms with Gasteiger partial charge in [0.2, 0.25) is 0 Å². The van der Waals surface area contributed by atoms with Gasteiger partial charge in [0.15, 0.2) is 5.76 Å². The molecule has 0 unspecified atom stereocenters. The maximum Gasteiger partial charge on any atom is 0.174 e. The standard InChI is InChI=1S/C17H24N2O2/c1-4-9-18-11-14-10-15(21-19-14)12-20-17-8-6-5-7-16(17)13(2)3/h5-8,10,13,18H,4,9,11-12H2,1-3H3. The lowest BCUT2D eigenvalue weighted by molar-refractivity contribution is 0.246. The van der Waals surface area contributed by atoms with E-state index in [0.29, 0.717) is 12.5 Å². The quantitative estimate of drug-likeness (QED) is 0.749. The van der Waals surface area contributed by atoms with Crippen LogP contribution in [-0.4, -0.2) is 11.7 Å². The summed E-state index contributed by atoms with van der Waals surface area (Å²) in [5, 5.41) is 7.34. The van der Waals surface area contributed by atoms with Crippen LogP contribution in [0.3, 0.4) is 0 Å². The predicted octanol–water partition coefficient (Wildman–Crippen LogP) is 3.88. The van der Waals surface area contributed by atoms with Gasteiger partial charge in [-0.05, 0) is 30.5 Å². The van der Waals surface area contributed by atoms with Crippen molar-refractivity contribution >= 4 is 0 Å². The summed E-state index contributed by atoms with van der Waals surface area (Å²) in [7, 11) is 0. The Hall–Kier alpha value is -1.81. The average molecular weight is 288 g/mol. The van der Waals surface area contributed by atoms with E-state index in [9.17, 15) is 0 Å². The minimum Gasteiger partial charge on any atom is -0.485 e. The lowest BCUT2D eigenvalue weighted by Crippen LogP contribution is -2.13. The lowest BCUT2D eigenvalue weighted by atomic mass is 10.0. The predicted molar refractivity (Wildman–Crippen MR) is 83.4 cm³/mol. The van der Waals surface area contributed by atoms with Gasteiger partial charge in [-0.1, -0.05) is 44.1 Å². The molecule has 1 aromatic carbocycles. The number of rotatable bonds is 8. The molecule has 0 aliphatic carbocycles. The topological polar surface area (TPSA) is 47.3 Å². The summed E-state index contributed by atoms with van der Waals surface area (Å²) in [6, 6.07) is 10.1. The van der Waals surface area contributed by atoms with Crippen molar-refractivity contribution in [1.29, 1.82) is 0 Å². The van der Waals surface area contributed by atoms with Crippen LogP contribution in [0.5, 0.6) is 5.75 Å². The number of hydrogen-bond acceptors (Lipinski definition) is 4. The van der Waals surface area contributed by atoms with Gasteiger partial charge in [0.1, 0.15) is 12.4 Å². The first-order chi connectivity index (χ1) is 10.2. The number of nitrogens with zero attached hydrogens (tertiary/aromatic N) is 1. The molecule has 21 heavy (non-hydrogen) atoms. The first-order valence-electron chi connectivity index (χ1n) is 7.57. The van der Waals surface area contributed by atoms with Crippen molar-refractivity contribution < 1.29 is 9.26 Å². The fourth-order valence-corrected chi connectivity index (χ4v) is 2.14. The molecule has 2 rings (SSSR count). The van der Waals surface area contributed by atoms with E-state index in [1.54, 1.807) is 0 Å². The summed E-state index contributed by atoms with van der Waals surface area (Å²) >= 11 is 0. The first kappa shape index (κ1) is 15.6. The zero-order valence-corrected chi connectivity index (χ0v) is 13.1. The van der Waals surface area contributed by atoms with Gasteiger partial charge in [0.25, 0.3) is 0 Å². The number of aromatic nitrogens is 1. The Kier molecular flexibility index (Phi) is 5.81. The average Bonchev–Trinajstić information content (AvgIpc) is 2.93. The molecular formula is C17H24N2O2. The molecule has 4 nitrogen and oxygen atoms in total. The Morgan fingerprint density at radius 1 is 1.29 bits per heavy atom. The van der Waals surface area contributed by atoms with E-state index in [1.165, 1.54) is 5.56 Å². The second kappa shape index (κ2) is 7.84. The van der Waals surface area contributed by atoms with Gasteiger partial charge in [-0.15, -0.1) is 0 Å². The Morgan fingerprint density at radius 2 is 2.10 bits per heavy atom. The fraction of sp³-hybridized carbons (Fsp3) is 0.471. The normalized spacial score (nSPS) is 11.0. The van der Waals surface area contributed by atoms with Crippen LogP contribution in [0.4, 0.5) is 0 Å². The van der Waals surface area contributed by atoms with E-state index in [1.807, 2.05) is 24.3 Å². The number of para-hydroxylation sites is 1. The van der Waals surface area contributed by atoms with E-state index in [-0.39, 0.29) is 0 Å². The van der Waals surface area contributed by atoms with Crippen LogP contribution in [0.25, 0.3) is 0 Å². The first-order valence-corrected chi connectivity index (χ1v) is 7.57. The minimum absolute atomic E-state index is 0.407. The van der Waals surface area contributed by atoms with Crippen LogP contribution in [0.15, 0.2) is 34.9 Å². The third-order valence-electron chi connectivity index (χ3n) is 3.25. The molecule has 2 aromatic rings. The molecule has 0 aliphatic rings. The fourth-order valence-electron chi connectivity index (χ4n) is 2.14. The van der Waals surface area contributed by atoms with Gasteiger partial charge in [-0.25, -0.2) is 0 Å². The monoisotopic (exact) mass is 288 g/mol. The molecule has 0 saturated heterocycles. The summed E-state index contributed by atoms with van der Waals surface area (Å²) in [5.41, 5.74) is 2.13. The molecule has 0 bridgehead atoms. The highest BCUT2D eigenvalue weighted by molar-refractivity contribution is 5.35. The molecule has 4 heteroatoms. The molecule has 0 radical (unpaired) electrons. The number of ether oxygens (including phenoxy) is 1. The van der Waals surface area contributed by atoms with Crippen LogP contribution in [0.1, 0.15) is 50.1 Å². The largest absolute Gasteiger partial charge is 0.485 e. The van der Waals surface area contributed by atoms with Crippen LogP contribution in [0.2, 0.25) is 0 Å². The molecule has 0 fully saturated rings. The van der Waals surface area contributed by atoms with Gasteiger partial charge in [-0.3, -0.25) is 0 Å². The maximum atomic E-state index is 5.87. The van der Waals surface area contributed by atoms with E-state index in [0.717, 1.165) is 36.7 Å². The molecule has 0 amide bonds. The van der Waals surface area contributed by atoms with E-state index >= 15 is 0 Å². The number of nitrogens with one attached hydrogen (secondary N) is 1. The summed E-state index contributed by atoms with van der Waals surface area (Å²) in [6.07, 6.45) is 1.11. The van der Waals surface area contributed by atoms with Crippen molar-refractivity contribution in [2.45, 2.75) is 46.3 Å². The Bertz CT molecular complexity index is 549. The van der Waals surface area contributed by atoms with Crippen molar-refractivity contribution in [2.24, 2.45) is 0 Å². The van der Waals surface area contributed by atoms with Crippen molar-refractivity contribution in [1.82, 2.24) is 10.5 Å². The van der Waals surface area contributed by atoms with E-state index in [4.69, 9.17) is 9.26 Å². The zero-order valence-electron chi connectivity index (χ0n) is 13.1. The van der Waals surface area contributed by atoms with Crippen LogP contribution < -0.4 is 10.1 Å². The van der Waals surface area contributed by atoms with Gasteiger partial charge in [0.05, 0.1) is 5.69 Å². The number of benzene rings is 1. The van der Waals surface area contributed by atoms with Gasteiger partial charge < -0.3 is 14.6 Å². The van der Waals surface area contributed by atoms with E-state index in [2.05, 4.69) is 37.3 Å². The van der Waals surface area contributed by atoms with Crippen molar-refractivity contribution in [3.05, 3.63) is 47.3 Å². The van der Waals surface area contributed by atoms with Gasteiger partial charge >= 0.3 is 0 Å². The summed E-state index contributed by atoms with van der Waals surface area (Å²) < 4.78 is 11.2. The third kappa shape index (κ3) is 4.60.